The Balaban J connectivity index is 2.69. The minimum Gasteiger partial charge on any atom is -0.474 e. The van der Waals surface area contributed by atoms with Crippen LogP contribution in [0.4, 0.5) is 0 Å². The van der Waals surface area contributed by atoms with E-state index in [0.29, 0.717) is 16.7 Å². The van der Waals surface area contributed by atoms with Crippen molar-refractivity contribution in [2.24, 2.45) is 5.14 Å². The summed E-state index contributed by atoms with van der Waals surface area (Å²) in [7, 11) is -3.84. The largest absolute Gasteiger partial charge is 0.474 e. The van der Waals surface area contributed by atoms with Gasteiger partial charge in [-0.15, -0.1) is 0 Å². The highest BCUT2D eigenvalue weighted by Crippen LogP contribution is 2.29. The monoisotopic (exact) mass is 277 g/mol. The summed E-state index contributed by atoms with van der Waals surface area (Å²) in [6.07, 6.45) is 0.852. The van der Waals surface area contributed by atoms with Crippen LogP contribution in [0.25, 0.3) is 10.9 Å². The first-order valence-corrected chi connectivity index (χ1v) is 6.95. The summed E-state index contributed by atoms with van der Waals surface area (Å²) in [5.41, 5.74) is 0.358. The molecule has 0 fully saturated rings. The quantitative estimate of drug-likeness (QED) is 0.906. The van der Waals surface area contributed by atoms with E-state index in [2.05, 4.69) is 4.98 Å². The predicted molar refractivity (Wildman–Crippen MR) is 68.8 cm³/mol. The van der Waals surface area contributed by atoms with Crippen LogP contribution in [0.1, 0.15) is 6.92 Å². The van der Waals surface area contributed by atoms with Gasteiger partial charge in [0.1, 0.15) is 17.3 Å². The van der Waals surface area contributed by atoms with Crippen LogP contribution >= 0.6 is 0 Å². The van der Waals surface area contributed by atoms with E-state index < -0.39 is 16.1 Å². The van der Waals surface area contributed by atoms with Gasteiger partial charge >= 0.3 is 0 Å². The van der Waals surface area contributed by atoms with E-state index in [1.165, 1.54) is 18.3 Å². The van der Waals surface area contributed by atoms with Crippen LogP contribution in [0.3, 0.4) is 0 Å². The maximum Gasteiger partial charge on any atom is 0.238 e. The van der Waals surface area contributed by atoms with E-state index in [4.69, 9.17) is 15.1 Å². The number of aromatic nitrogens is 1. The summed E-state index contributed by atoms with van der Waals surface area (Å²) in [5.74, 6) is 0.344. The molecule has 0 aliphatic heterocycles. The predicted octanol–water partition coefficient (Wildman–Crippen LogP) is 1.17. The van der Waals surface area contributed by atoms with E-state index in [9.17, 15) is 8.42 Å². The zero-order valence-corrected chi connectivity index (χ0v) is 10.9. The molecule has 7 heteroatoms. The smallest absolute Gasteiger partial charge is 0.238 e. The number of ether oxygens (including phenoxy) is 1. The summed E-state index contributed by atoms with van der Waals surface area (Å²) in [5, 5.41) is 14.3. The van der Waals surface area contributed by atoms with Gasteiger partial charge in [-0.2, -0.15) is 5.26 Å². The SMILES string of the molecule is CC(C#N)Oc1ccc(S(N)(=O)=O)c2cccnc12. The highest BCUT2D eigenvalue weighted by molar-refractivity contribution is 7.89. The van der Waals surface area contributed by atoms with E-state index in [1.807, 2.05) is 6.07 Å². The Labute approximate surface area is 110 Å². The van der Waals surface area contributed by atoms with Crippen molar-refractivity contribution in [3.8, 4) is 11.8 Å². The van der Waals surface area contributed by atoms with Crippen molar-refractivity contribution in [1.29, 1.82) is 5.26 Å². The normalized spacial score (nSPS) is 12.9. The third-order valence-corrected chi connectivity index (χ3v) is 3.45. The summed E-state index contributed by atoms with van der Waals surface area (Å²) < 4.78 is 28.4. The lowest BCUT2D eigenvalue weighted by atomic mass is 10.2. The van der Waals surface area contributed by atoms with Crippen molar-refractivity contribution in [2.45, 2.75) is 17.9 Å². The number of hydrogen-bond acceptors (Lipinski definition) is 5. The molecule has 98 valence electrons. The molecule has 19 heavy (non-hydrogen) atoms. The van der Waals surface area contributed by atoms with Crippen molar-refractivity contribution < 1.29 is 13.2 Å². The fourth-order valence-electron chi connectivity index (χ4n) is 1.68. The average Bonchev–Trinajstić information content (AvgIpc) is 2.37. The molecule has 2 N–H and O–H groups in total. The Morgan fingerprint density at radius 2 is 2.16 bits per heavy atom. The van der Waals surface area contributed by atoms with Gasteiger partial charge in [-0.25, -0.2) is 13.6 Å². The lowest BCUT2D eigenvalue weighted by Crippen LogP contribution is -2.14. The van der Waals surface area contributed by atoms with Gasteiger partial charge in [0.2, 0.25) is 10.0 Å². The molecule has 0 saturated carbocycles. The first-order chi connectivity index (χ1) is 8.93. The minimum atomic E-state index is -3.84. The number of pyridine rings is 1. The number of rotatable bonds is 3. The third-order valence-electron chi connectivity index (χ3n) is 2.48. The summed E-state index contributed by atoms with van der Waals surface area (Å²) in [4.78, 5) is 4.07. The van der Waals surface area contributed by atoms with Gasteiger partial charge in [-0.1, -0.05) is 0 Å². The van der Waals surface area contributed by atoms with E-state index in [1.54, 1.807) is 19.1 Å². The van der Waals surface area contributed by atoms with Crippen LogP contribution in [0.2, 0.25) is 0 Å². The maximum absolute atomic E-state index is 11.5. The van der Waals surface area contributed by atoms with Gasteiger partial charge in [0.25, 0.3) is 0 Å². The van der Waals surface area contributed by atoms with E-state index in [-0.39, 0.29) is 4.90 Å². The second kappa shape index (κ2) is 4.84. The molecule has 2 rings (SSSR count). The van der Waals surface area contributed by atoms with Crippen molar-refractivity contribution in [3.63, 3.8) is 0 Å². The zero-order chi connectivity index (χ0) is 14.0. The lowest BCUT2D eigenvalue weighted by Gasteiger charge is -2.11. The fourth-order valence-corrected chi connectivity index (χ4v) is 2.41. The topological polar surface area (TPSA) is 106 Å². The van der Waals surface area contributed by atoms with Gasteiger partial charge < -0.3 is 4.74 Å². The van der Waals surface area contributed by atoms with Crippen LogP contribution in [0.15, 0.2) is 35.4 Å². The molecule has 0 radical (unpaired) electrons. The van der Waals surface area contributed by atoms with Crippen LogP contribution in [-0.4, -0.2) is 19.5 Å². The van der Waals surface area contributed by atoms with Crippen molar-refractivity contribution >= 4 is 20.9 Å². The number of nitrogens with zero attached hydrogens (tertiary/aromatic N) is 2. The molecular weight excluding hydrogens is 266 g/mol. The fraction of sp³-hybridized carbons (Fsp3) is 0.167. The second-order valence-corrected chi connectivity index (χ2v) is 5.43. The zero-order valence-electron chi connectivity index (χ0n) is 10.1. The maximum atomic E-state index is 11.5. The van der Waals surface area contributed by atoms with Crippen LogP contribution in [-0.2, 0) is 10.0 Å². The van der Waals surface area contributed by atoms with Gasteiger partial charge in [0.15, 0.2) is 6.10 Å². The third kappa shape index (κ3) is 2.65. The molecule has 1 unspecified atom stereocenters. The van der Waals surface area contributed by atoms with E-state index in [0.717, 1.165) is 0 Å². The number of primary sulfonamides is 1. The minimum absolute atomic E-state index is 0.0208. The molecule has 0 spiro atoms. The molecule has 0 aliphatic carbocycles. The summed E-state index contributed by atoms with van der Waals surface area (Å²) in [6.45, 7) is 1.59. The van der Waals surface area contributed by atoms with Crippen molar-refractivity contribution in [2.75, 3.05) is 0 Å². The van der Waals surface area contributed by atoms with Crippen molar-refractivity contribution in [1.82, 2.24) is 4.98 Å². The Hall–Kier alpha value is -2.17. The molecule has 0 aliphatic rings. The highest BCUT2D eigenvalue weighted by atomic mass is 32.2. The summed E-state index contributed by atoms with van der Waals surface area (Å²) in [6, 6.07) is 7.92. The molecule has 2 aromatic rings. The highest BCUT2D eigenvalue weighted by Gasteiger charge is 2.16. The molecule has 0 saturated heterocycles. The molecule has 1 heterocycles. The number of fused-ring (bicyclic) bond motifs is 1. The molecule has 0 bridgehead atoms. The Morgan fingerprint density at radius 3 is 2.79 bits per heavy atom. The van der Waals surface area contributed by atoms with E-state index >= 15 is 0 Å². The molecule has 0 amide bonds. The average molecular weight is 277 g/mol. The number of benzene rings is 1. The molecule has 1 aromatic heterocycles. The molecule has 6 nitrogen and oxygen atoms in total. The summed E-state index contributed by atoms with van der Waals surface area (Å²) >= 11 is 0. The Morgan fingerprint density at radius 1 is 1.42 bits per heavy atom. The molecule has 1 atom stereocenters. The first-order valence-electron chi connectivity index (χ1n) is 5.40. The first kappa shape index (κ1) is 13.3. The lowest BCUT2D eigenvalue weighted by molar-refractivity contribution is 0.279. The van der Waals surface area contributed by atoms with Crippen LogP contribution in [0.5, 0.6) is 5.75 Å². The number of nitrogens with two attached hydrogens (primary N) is 1. The number of nitriles is 1. The second-order valence-electron chi connectivity index (χ2n) is 3.90. The van der Waals surface area contributed by atoms with Crippen molar-refractivity contribution in [3.05, 3.63) is 30.5 Å². The Kier molecular flexibility index (Phi) is 3.38. The van der Waals surface area contributed by atoms with Gasteiger partial charge in [-0.3, -0.25) is 4.98 Å². The number of sulfonamides is 1. The number of hydrogen-bond donors (Lipinski definition) is 1. The molecule has 1 aromatic carbocycles. The van der Waals surface area contributed by atoms with Crippen LogP contribution < -0.4 is 9.88 Å². The Bertz CT molecular complexity index is 765. The van der Waals surface area contributed by atoms with Gasteiger partial charge in [-0.05, 0) is 31.2 Å². The van der Waals surface area contributed by atoms with Gasteiger partial charge in [0.05, 0.1) is 4.90 Å². The van der Waals surface area contributed by atoms with Crippen LogP contribution in [0, 0.1) is 11.3 Å². The standard InChI is InChI=1S/C12H11N3O3S/c1-8(7-13)18-10-4-5-11(19(14,16)17)9-3-2-6-15-12(9)10/h2-6,8H,1H3,(H2,14,16,17). The molecular formula is C12H11N3O3S. The van der Waals surface area contributed by atoms with Gasteiger partial charge in [0, 0.05) is 11.6 Å².